The Labute approximate surface area is 124 Å². The minimum absolute atomic E-state index is 0.0421. The van der Waals surface area contributed by atoms with Crippen molar-refractivity contribution in [2.24, 2.45) is 7.92 Å². The summed E-state index contributed by atoms with van der Waals surface area (Å²) in [6, 6.07) is 10.5. The number of anilines is 1. The first-order valence-electron chi connectivity index (χ1n) is 5.63. The van der Waals surface area contributed by atoms with Crippen LogP contribution in [0.4, 0.5) is 21.5 Å². The third-order valence-corrected chi connectivity index (χ3v) is 4.68. The van der Waals surface area contributed by atoms with Gasteiger partial charge in [-0.1, -0.05) is 0 Å². The molecule has 0 fully saturated rings. The SMILES string of the molecule is Fc1ccc(Br)c(CNc2cccc3c2N=[Se]=N3)c1. The zero-order valence-corrected chi connectivity index (χ0v) is 13.0. The van der Waals surface area contributed by atoms with Crippen molar-refractivity contribution in [2.45, 2.75) is 6.54 Å². The van der Waals surface area contributed by atoms with Crippen LogP contribution in [0.3, 0.4) is 0 Å². The fourth-order valence-corrected chi connectivity index (χ4v) is 3.36. The molecule has 1 N–H and O–H groups in total. The summed E-state index contributed by atoms with van der Waals surface area (Å²) in [4.78, 5) is 0. The van der Waals surface area contributed by atoms with Crippen molar-refractivity contribution in [3.63, 3.8) is 0 Å². The molecular weight excluding hydrogens is 376 g/mol. The second-order valence-corrected chi connectivity index (χ2v) is 5.99. The van der Waals surface area contributed by atoms with E-state index >= 15 is 0 Å². The van der Waals surface area contributed by atoms with E-state index in [-0.39, 0.29) is 20.4 Å². The molecule has 2 aromatic rings. The summed E-state index contributed by atoms with van der Waals surface area (Å²) in [6.07, 6.45) is 0. The molecule has 0 radical (unpaired) electrons. The summed E-state index contributed by atoms with van der Waals surface area (Å²) >= 11 is 3.38. The van der Waals surface area contributed by atoms with E-state index in [0.717, 1.165) is 27.1 Å². The number of nitrogens with zero attached hydrogens (tertiary/aromatic N) is 2. The zero-order chi connectivity index (χ0) is 13.2. The first kappa shape index (κ1) is 12.8. The molecule has 0 spiro atoms. The topological polar surface area (TPSA) is 36.8 Å². The Bertz CT molecular complexity index is 711. The van der Waals surface area contributed by atoms with E-state index in [1.54, 1.807) is 6.07 Å². The summed E-state index contributed by atoms with van der Waals surface area (Å²) in [7, 11) is 0. The molecule has 2 aromatic carbocycles. The van der Waals surface area contributed by atoms with Crippen molar-refractivity contribution in [1.82, 2.24) is 0 Å². The van der Waals surface area contributed by atoms with E-state index in [1.165, 1.54) is 12.1 Å². The van der Waals surface area contributed by atoms with Crippen molar-refractivity contribution in [1.29, 1.82) is 0 Å². The first-order chi connectivity index (χ1) is 9.24. The second-order valence-electron chi connectivity index (χ2n) is 4.03. The molecule has 1 aliphatic heterocycles. The van der Waals surface area contributed by atoms with Crippen LogP contribution in [0.25, 0.3) is 0 Å². The average molecular weight is 385 g/mol. The average Bonchev–Trinajstić information content (AvgIpc) is 2.88. The van der Waals surface area contributed by atoms with Crippen LogP contribution < -0.4 is 5.32 Å². The molecular formula is C13H9BrFN3Se. The second kappa shape index (κ2) is 5.41. The number of fused-ring (bicyclic) bond motifs is 1. The monoisotopic (exact) mass is 385 g/mol. The molecule has 3 rings (SSSR count). The molecule has 6 heteroatoms. The number of nitrogens with one attached hydrogen (secondary N) is 1. The van der Waals surface area contributed by atoms with Crippen molar-refractivity contribution in [3.05, 3.63) is 52.3 Å². The molecule has 0 bridgehead atoms. The van der Waals surface area contributed by atoms with Crippen LogP contribution in [0.5, 0.6) is 0 Å². The Morgan fingerprint density at radius 3 is 3.00 bits per heavy atom. The van der Waals surface area contributed by atoms with Crippen molar-refractivity contribution in [2.75, 3.05) is 5.32 Å². The van der Waals surface area contributed by atoms with E-state index in [4.69, 9.17) is 0 Å². The maximum absolute atomic E-state index is 13.2. The van der Waals surface area contributed by atoms with Crippen LogP contribution in [0.15, 0.2) is 48.8 Å². The van der Waals surface area contributed by atoms with Gasteiger partial charge in [0.05, 0.1) is 0 Å². The van der Waals surface area contributed by atoms with E-state index in [1.807, 2.05) is 18.2 Å². The van der Waals surface area contributed by atoms with Crippen molar-refractivity contribution >= 4 is 47.6 Å². The van der Waals surface area contributed by atoms with Gasteiger partial charge in [0.25, 0.3) is 0 Å². The van der Waals surface area contributed by atoms with Gasteiger partial charge >= 0.3 is 124 Å². The molecule has 96 valence electrons. The Morgan fingerprint density at radius 2 is 2.11 bits per heavy atom. The zero-order valence-electron chi connectivity index (χ0n) is 9.73. The summed E-state index contributed by atoms with van der Waals surface area (Å²) in [5.41, 5.74) is 3.66. The van der Waals surface area contributed by atoms with E-state index in [2.05, 4.69) is 29.2 Å². The van der Waals surface area contributed by atoms with Gasteiger partial charge in [-0.3, -0.25) is 0 Å². The third-order valence-electron chi connectivity index (χ3n) is 2.76. The number of halogens is 2. The predicted molar refractivity (Wildman–Crippen MR) is 77.8 cm³/mol. The normalized spacial score (nSPS) is 12.1. The van der Waals surface area contributed by atoms with Gasteiger partial charge in [0.15, 0.2) is 0 Å². The molecule has 0 aliphatic carbocycles. The van der Waals surface area contributed by atoms with Crippen LogP contribution in [0, 0.1) is 5.82 Å². The predicted octanol–water partition coefficient (Wildman–Crippen LogP) is 4.55. The van der Waals surface area contributed by atoms with Crippen LogP contribution in [-0.2, 0) is 6.54 Å². The number of benzene rings is 2. The van der Waals surface area contributed by atoms with Crippen molar-refractivity contribution in [3.8, 4) is 0 Å². The van der Waals surface area contributed by atoms with Gasteiger partial charge in [0, 0.05) is 0 Å². The molecule has 3 nitrogen and oxygen atoms in total. The molecule has 0 saturated carbocycles. The Hall–Kier alpha value is -1.23. The van der Waals surface area contributed by atoms with Gasteiger partial charge in [-0.2, -0.15) is 0 Å². The summed E-state index contributed by atoms with van der Waals surface area (Å²) in [5, 5.41) is 3.29. The fourth-order valence-electron chi connectivity index (χ4n) is 1.82. The Balaban J connectivity index is 1.82. The molecule has 19 heavy (non-hydrogen) atoms. The van der Waals surface area contributed by atoms with Crippen LogP contribution in [-0.4, -0.2) is 14.6 Å². The minimum atomic E-state index is -0.235. The van der Waals surface area contributed by atoms with Gasteiger partial charge in [-0.05, 0) is 0 Å². The molecule has 1 heterocycles. The number of hydrogen-bond donors (Lipinski definition) is 1. The maximum atomic E-state index is 13.2. The molecule has 0 unspecified atom stereocenters. The summed E-state index contributed by atoms with van der Waals surface area (Å²) < 4.78 is 22.8. The fraction of sp³-hybridized carbons (Fsp3) is 0.0769. The molecule has 0 saturated heterocycles. The van der Waals surface area contributed by atoms with Crippen molar-refractivity contribution < 1.29 is 4.39 Å². The molecule has 1 aliphatic rings. The van der Waals surface area contributed by atoms with Crippen LogP contribution in [0.1, 0.15) is 5.56 Å². The molecule has 0 atom stereocenters. The first-order valence-corrected chi connectivity index (χ1v) is 7.95. The summed E-state index contributed by atoms with van der Waals surface area (Å²) in [6.45, 7) is 0.539. The molecule has 0 aromatic heterocycles. The van der Waals surface area contributed by atoms with Gasteiger partial charge in [0.1, 0.15) is 0 Å². The Kier molecular flexibility index (Phi) is 3.64. The van der Waals surface area contributed by atoms with E-state index in [0.29, 0.717) is 6.54 Å². The van der Waals surface area contributed by atoms with Crippen LogP contribution in [0.2, 0.25) is 0 Å². The van der Waals surface area contributed by atoms with Gasteiger partial charge in [-0.25, -0.2) is 0 Å². The third kappa shape index (κ3) is 2.71. The van der Waals surface area contributed by atoms with E-state index < -0.39 is 0 Å². The molecule has 0 amide bonds. The summed E-state index contributed by atoms with van der Waals surface area (Å²) in [5.74, 6) is -0.235. The quantitative estimate of drug-likeness (QED) is 0.660. The standard InChI is InChI=1S/C13H9BrFN3Se/c14-10-5-4-9(15)6-8(10)7-16-11-2-1-3-12-13(11)18-19-17-12/h1-6,16H,7H2. The number of rotatable bonds is 3. The van der Waals surface area contributed by atoms with Gasteiger partial charge in [-0.15, -0.1) is 0 Å². The Morgan fingerprint density at radius 1 is 1.21 bits per heavy atom. The van der Waals surface area contributed by atoms with Gasteiger partial charge in [0.2, 0.25) is 0 Å². The van der Waals surface area contributed by atoms with E-state index in [9.17, 15) is 4.39 Å². The van der Waals surface area contributed by atoms with Gasteiger partial charge < -0.3 is 0 Å². The van der Waals surface area contributed by atoms with Crippen LogP contribution >= 0.6 is 15.9 Å². The number of hydrogen-bond acceptors (Lipinski definition) is 3.